The molecule has 0 bridgehead atoms. The van der Waals surface area contributed by atoms with Gasteiger partial charge < -0.3 is 0 Å². The standard InChI is InChI=1S/C14H14N2/c1-10(2)12-4-6-13(7-5-12)11(3)14(8-15)9-16/h4-7,10H,1-3H3. The number of benzene rings is 1. The zero-order chi connectivity index (χ0) is 12.1. The van der Waals surface area contributed by atoms with Crippen LogP contribution < -0.4 is 0 Å². The van der Waals surface area contributed by atoms with E-state index in [0.29, 0.717) is 5.92 Å². The van der Waals surface area contributed by atoms with Crippen LogP contribution in [0.3, 0.4) is 0 Å². The van der Waals surface area contributed by atoms with Crippen molar-refractivity contribution >= 4 is 5.57 Å². The van der Waals surface area contributed by atoms with Crippen LogP contribution >= 0.6 is 0 Å². The van der Waals surface area contributed by atoms with Crippen molar-refractivity contribution in [3.8, 4) is 12.1 Å². The zero-order valence-corrected chi connectivity index (χ0v) is 9.78. The van der Waals surface area contributed by atoms with Crippen LogP contribution in [0.25, 0.3) is 5.57 Å². The van der Waals surface area contributed by atoms with Gasteiger partial charge in [0.1, 0.15) is 17.7 Å². The van der Waals surface area contributed by atoms with Crippen LogP contribution in [-0.4, -0.2) is 0 Å². The van der Waals surface area contributed by atoms with Crippen molar-refractivity contribution in [3.63, 3.8) is 0 Å². The summed E-state index contributed by atoms with van der Waals surface area (Å²) in [5.41, 5.74) is 3.10. The van der Waals surface area contributed by atoms with E-state index < -0.39 is 0 Å². The Morgan fingerprint density at radius 3 is 1.94 bits per heavy atom. The summed E-state index contributed by atoms with van der Waals surface area (Å²) in [6.07, 6.45) is 0. The molecule has 0 aliphatic carbocycles. The highest BCUT2D eigenvalue weighted by Gasteiger charge is 2.04. The van der Waals surface area contributed by atoms with Gasteiger partial charge in [-0.2, -0.15) is 10.5 Å². The van der Waals surface area contributed by atoms with E-state index in [4.69, 9.17) is 10.5 Å². The topological polar surface area (TPSA) is 47.6 Å². The van der Waals surface area contributed by atoms with Crippen molar-refractivity contribution in [2.45, 2.75) is 26.7 Å². The van der Waals surface area contributed by atoms with E-state index in [9.17, 15) is 0 Å². The Bertz CT molecular complexity index is 463. The van der Waals surface area contributed by atoms with E-state index in [0.717, 1.165) is 11.1 Å². The van der Waals surface area contributed by atoms with Gasteiger partial charge in [0.15, 0.2) is 0 Å². The predicted octanol–water partition coefficient (Wildman–Crippen LogP) is 3.63. The molecule has 0 N–H and O–H groups in total. The molecule has 0 aliphatic rings. The Balaban J connectivity index is 3.14. The highest BCUT2D eigenvalue weighted by atomic mass is 14.3. The first kappa shape index (κ1) is 12.0. The second-order valence-electron chi connectivity index (χ2n) is 4.00. The third kappa shape index (κ3) is 2.49. The number of hydrogen-bond acceptors (Lipinski definition) is 2. The van der Waals surface area contributed by atoms with Crippen LogP contribution in [0.1, 0.15) is 37.8 Å². The number of hydrogen-bond donors (Lipinski definition) is 0. The summed E-state index contributed by atoms with van der Waals surface area (Å²) in [5, 5.41) is 17.5. The van der Waals surface area contributed by atoms with Crippen LogP contribution in [0, 0.1) is 22.7 Å². The van der Waals surface area contributed by atoms with Crippen LogP contribution in [0.15, 0.2) is 29.8 Å². The second-order valence-corrected chi connectivity index (χ2v) is 4.00. The first-order chi connectivity index (χ1) is 7.60. The molecule has 1 aromatic carbocycles. The minimum Gasteiger partial charge on any atom is -0.192 e. The van der Waals surface area contributed by atoms with Crippen LogP contribution in [0.2, 0.25) is 0 Å². The average Bonchev–Trinajstić information content (AvgIpc) is 2.30. The summed E-state index contributed by atoms with van der Waals surface area (Å²) < 4.78 is 0. The first-order valence-corrected chi connectivity index (χ1v) is 5.21. The average molecular weight is 210 g/mol. The van der Waals surface area contributed by atoms with Crippen molar-refractivity contribution in [1.29, 1.82) is 10.5 Å². The minimum absolute atomic E-state index is 0.178. The molecule has 0 unspecified atom stereocenters. The molecule has 0 heterocycles. The van der Waals surface area contributed by atoms with Crippen molar-refractivity contribution in [2.24, 2.45) is 0 Å². The predicted molar refractivity (Wildman–Crippen MR) is 64.4 cm³/mol. The van der Waals surface area contributed by atoms with E-state index in [1.807, 2.05) is 36.4 Å². The monoisotopic (exact) mass is 210 g/mol. The van der Waals surface area contributed by atoms with Gasteiger partial charge in [-0.05, 0) is 29.5 Å². The fourth-order valence-electron chi connectivity index (χ4n) is 1.46. The number of allylic oxidation sites excluding steroid dienone is 2. The third-order valence-electron chi connectivity index (χ3n) is 2.61. The van der Waals surface area contributed by atoms with Gasteiger partial charge in [-0.25, -0.2) is 0 Å². The summed E-state index contributed by atoms with van der Waals surface area (Å²) in [6, 6.07) is 11.8. The maximum atomic E-state index is 8.77. The summed E-state index contributed by atoms with van der Waals surface area (Å²) in [6.45, 7) is 6.06. The van der Waals surface area contributed by atoms with E-state index in [2.05, 4.69) is 13.8 Å². The van der Waals surface area contributed by atoms with Crippen molar-refractivity contribution < 1.29 is 0 Å². The summed E-state index contributed by atoms with van der Waals surface area (Å²) in [7, 11) is 0. The van der Waals surface area contributed by atoms with Gasteiger partial charge in [0, 0.05) is 0 Å². The summed E-state index contributed by atoms with van der Waals surface area (Å²) in [4.78, 5) is 0. The maximum absolute atomic E-state index is 8.77. The third-order valence-corrected chi connectivity index (χ3v) is 2.61. The molecule has 16 heavy (non-hydrogen) atoms. The van der Waals surface area contributed by atoms with Gasteiger partial charge in [-0.3, -0.25) is 0 Å². The highest BCUT2D eigenvalue weighted by Crippen LogP contribution is 2.21. The quantitative estimate of drug-likeness (QED) is 0.700. The number of nitrogens with zero attached hydrogens (tertiary/aromatic N) is 2. The zero-order valence-electron chi connectivity index (χ0n) is 9.78. The van der Waals surface area contributed by atoms with Crippen molar-refractivity contribution in [1.82, 2.24) is 0 Å². The number of nitriles is 2. The highest BCUT2D eigenvalue weighted by molar-refractivity contribution is 5.73. The summed E-state index contributed by atoms with van der Waals surface area (Å²) in [5.74, 6) is 0.490. The lowest BCUT2D eigenvalue weighted by Gasteiger charge is -2.07. The van der Waals surface area contributed by atoms with E-state index in [1.54, 1.807) is 6.92 Å². The van der Waals surface area contributed by atoms with Gasteiger partial charge in [-0.15, -0.1) is 0 Å². The molecule has 1 aromatic rings. The normalized spacial score (nSPS) is 9.38. The molecule has 0 radical (unpaired) electrons. The van der Waals surface area contributed by atoms with Gasteiger partial charge in [0.05, 0.1) is 0 Å². The second kappa shape index (κ2) is 5.14. The largest absolute Gasteiger partial charge is 0.192 e. The van der Waals surface area contributed by atoms with E-state index in [-0.39, 0.29) is 5.57 Å². The molecular formula is C14H14N2. The molecule has 80 valence electrons. The number of rotatable bonds is 2. The molecule has 0 saturated carbocycles. The molecule has 0 fully saturated rings. The molecule has 1 rings (SSSR count). The summed E-state index contributed by atoms with van der Waals surface area (Å²) >= 11 is 0. The Morgan fingerprint density at radius 2 is 1.56 bits per heavy atom. The fourth-order valence-corrected chi connectivity index (χ4v) is 1.46. The Morgan fingerprint density at radius 1 is 1.06 bits per heavy atom. The molecule has 2 heteroatoms. The van der Waals surface area contributed by atoms with Gasteiger partial charge in [0.2, 0.25) is 0 Å². The SMILES string of the molecule is CC(=C(C#N)C#N)c1ccc(C(C)C)cc1. The first-order valence-electron chi connectivity index (χ1n) is 5.21. The van der Waals surface area contributed by atoms with Crippen LogP contribution in [0.4, 0.5) is 0 Å². The van der Waals surface area contributed by atoms with E-state index in [1.165, 1.54) is 5.56 Å². The van der Waals surface area contributed by atoms with E-state index >= 15 is 0 Å². The molecule has 0 amide bonds. The van der Waals surface area contributed by atoms with Crippen molar-refractivity contribution in [3.05, 3.63) is 41.0 Å². The Hall–Kier alpha value is -2.06. The maximum Gasteiger partial charge on any atom is 0.133 e. The lowest BCUT2D eigenvalue weighted by Crippen LogP contribution is -1.89. The molecule has 2 nitrogen and oxygen atoms in total. The van der Waals surface area contributed by atoms with Gasteiger partial charge in [0.25, 0.3) is 0 Å². The Labute approximate surface area is 96.4 Å². The molecule has 0 aliphatic heterocycles. The Kier molecular flexibility index (Phi) is 3.86. The minimum atomic E-state index is 0.178. The van der Waals surface area contributed by atoms with Gasteiger partial charge in [-0.1, -0.05) is 38.1 Å². The van der Waals surface area contributed by atoms with Crippen LogP contribution in [0.5, 0.6) is 0 Å². The molecule has 0 spiro atoms. The van der Waals surface area contributed by atoms with Crippen LogP contribution in [-0.2, 0) is 0 Å². The molecule has 0 aromatic heterocycles. The molecule has 0 atom stereocenters. The van der Waals surface area contributed by atoms with Crippen molar-refractivity contribution in [2.75, 3.05) is 0 Å². The lowest BCUT2D eigenvalue weighted by atomic mass is 9.97. The fraction of sp³-hybridized carbons (Fsp3) is 0.286. The lowest BCUT2D eigenvalue weighted by molar-refractivity contribution is 0.866. The molecule has 0 saturated heterocycles. The molecular weight excluding hydrogens is 196 g/mol. The van der Waals surface area contributed by atoms with Gasteiger partial charge >= 0.3 is 0 Å². The smallest absolute Gasteiger partial charge is 0.133 e.